The summed E-state index contributed by atoms with van der Waals surface area (Å²) in [7, 11) is 1.65. The summed E-state index contributed by atoms with van der Waals surface area (Å²) in [6, 6.07) is 11.0. The molecule has 2 aliphatic heterocycles. The molecule has 7 nitrogen and oxygen atoms in total. The fourth-order valence-corrected chi connectivity index (χ4v) is 4.99. The van der Waals surface area contributed by atoms with E-state index >= 15 is 0 Å². The summed E-state index contributed by atoms with van der Waals surface area (Å²) in [5.74, 6) is -0.892. The van der Waals surface area contributed by atoms with Crippen molar-refractivity contribution in [1.82, 2.24) is 20.0 Å². The number of nitrogens with zero attached hydrogens (tertiary/aromatic N) is 3. The Morgan fingerprint density at radius 3 is 2.38 bits per heavy atom. The van der Waals surface area contributed by atoms with Gasteiger partial charge >= 0.3 is 12.2 Å². The number of carbonyl (C=O) groups is 3. The van der Waals surface area contributed by atoms with Crippen LogP contribution in [0.3, 0.4) is 0 Å². The van der Waals surface area contributed by atoms with Gasteiger partial charge in [0.25, 0.3) is 5.91 Å². The van der Waals surface area contributed by atoms with Crippen LogP contribution < -0.4 is 5.32 Å². The summed E-state index contributed by atoms with van der Waals surface area (Å²) < 4.78 is 41.9. The van der Waals surface area contributed by atoms with E-state index in [1.54, 1.807) is 11.9 Å². The molecule has 0 fully saturated rings. The second-order valence-electron chi connectivity index (χ2n) is 9.91. The number of benzene rings is 2. The first-order valence-corrected chi connectivity index (χ1v) is 12.6. The van der Waals surface area contributed by atoms with Crippen LogP contribution in [0.5, 0.6) is 0 Å². The van der Waals surface area contributed by atoms with E-state index in [2.05, 4.69) is 11.9 Å². The highest BCUT2D eigenvalue weighted by Gasteiger charge is 2.49. The highest BCUT2D eigenvalue weighted by Crippen LogP contribution is 2.42. The maximum Gasteiger partial charge on any atom is 0.416 e. The fraction of sp³-hybridized carbons (Fsp3) is 0.345. The second-order valence-corrected chi connectivity index (χ2v) is 9.91. The summed E-state index contributed by atoms with van der Waals surface area (Å²) >= 11 is 0. The molecular formula is C29H31F3N4O3. The van der Waals surface area contributed by atoms with Crippen molar-refractivity contribution in [3.05, 3.63) is 95.2 Å². The molecule has 10 heteroatoms. The van der Waals surface area contributed by atoms with Gasteiger partial charge in [0.2, 0.25) is 5.91 Å². The molecule has 2 aromatic rings. The smallest absolute Gasteiger partial charge is 0.342 e. The molecule has 206 valence electrons. The Morgan fingerprint density at radius 1 is 1.13 bits per heavy atom. The molecule has 2 atom stereocenters. The van der Waals surface area contributed by atoms with E-state index in [9.17, 15) is 27.6 Å². The number of carbonyl (C=O) groups excluding carboxylic acids is 3. The number of halogens is 3. The van der Waals surface area contributed by atoms with Gasteiger partial charge in [0, 0.05) is 26.1 Å². The van der Waals surface area contributed by atoms with E-state index in [-0.39, 0.29) is 48.3 Å². The lowest BCUT2D eigenvalue weighted by Crippen LogP contribution is -2.51. The molecule has 2 aliphatic rings. The Kier molecular flexibility index (Phi) is 7.85. The van der Waals surface area contributed by atoms with Gasteiger partial charge in [0.05, 0.1) is 29.4 Å². The summed E-state index contributed by atoms with van der Waals surface area (Å²) in [6.07, 6.45) is -3.02. The predicted molar refractivity (Wildman–Crippen MR) is 140 cm³/mol. The third-order valence-corrected chi connectivity index (χ3v) is 7.19. The molecule has 0 unspecified atom stereocenters. The minimum absolute atomic E-state index is 0.0196. The Hall–Kier alpha value is -4.08. The van der Waals surface area contributed by atoms with Crippen LogP contribution in [0.2, 0.25) is 0 Å². The minimum Gasteiger partial charge on any atom is -0.342 e. The van der Waals surface area contributed by atoms with Crippen molar-refractivity contribution in [1.29, 1.82) is 0 Å². The van der Waals surface area contributed by atoms with Gasteiger partial charge < -0.3 is 15.1 Å². The highest BCUT2D eigenvalue weighted by atomic mass is 19.4. The standard InChI is InChI=1S/C29H31F3N4O3/c1-5-15-35-23-17-36(22(26(37)34(4)18(2)3)16-19-11-7-6-8-12-19)27(38)24(23)25(33-28(35)39)20-13-9-10-14-21(20)29(30,31)32/h5-14,18,22,25H,1,15-17H2,2-4H3,(H,33,39)/t22-,25-/m1/s1. The first kappa shape index (κ1) is 27.9. The number of likely N-dealkylation sites (N-methyl/N-ethyl adjacent to an activating group) is 1. The van der Waals surface area contributed by atoms with Gasteiger partial charge in [-0.3, -0.25) is 14.5 Å². The molecule has 39 heavy (non-hydrogen) atoms. The van der Waals surface area contributed by atoms with Crippen LogP contribution in [0.15, 0.2) is 78.5 Å². The first-order chi connectivity index (χ1) is 18.5. The molecule has 0 aliphatic carbocycles. The fourth-order valence-electron chi connectivity index (χ4n) is 4.99. The first-order valence-electron chi connectivity index (χ1n) is 12.6. The molecule has 4 amide bonds. The maximum absolute atomic E-state index is 14.1. The molecule has 2 heterocycles. The average molecular weight is 541 g/mol. The van der Waals surface area contributed by atoms with Crippen molar-refractivity contribution in [3.8, 4) is 0 Å². The van der Waals surface area contributed by atoms with Gasteiger partial charge in [-0.2, -0.15) is 13.2 Å². The van der Waals surface area contributed by atoms with E-state index in [1.165, 1.54) is 34.1 Å². The Labute approximate surface area is 225 Å². The number of rotatable bonds is 8. The van der Waals surface area contributed by atoms with Gasteiger partial charge in [0.15, 0.2) is 0 Å². The Balaban J connectivity index is 1.82. The summed E-state index contributed by atoms with van der Waals surface area (Å²) in [5, 5.41) is 2.60. The highest BCUT2D eigenvalue weighted by molar-refractivity contribution is 6.03. The number of alkyl halides is 3. The second kappa shape index (κ2) is 11.0. The molecule has 1 N–H and O–H groups in total. The predicted octanol–water partition coefficient (Wildman–Crippen LogP) is 4.53. The zero-order chi connectivity index (χ0) is 28.5. The molecule has 0 saturated heterocycles. The van der Waals surface area contributed by atoms with Crippen molar-refractivity contribution >= 4 is 17.8 Å². The Morgan fingerprint density at radius 2 is 1.77 bits per heavy atom. The van der Waals surface area contributed by atoms with Gasteiger partial charge in [0.1, 0.15) is 6.04 Å². The van der Waals surface area contributed by atoms with Crippen LogP contribution in [-0.4, -0.2) is 64.8 Å². The molecular weight excluding hydrogens is 509 g/mol. The van der Waals surface area contributed by atoms with Gasteiger partial charge in [-0.25, -0.2) is 4.79 Å². The molecule has 0 aromatic heterocycles. The van der Waals surface area contributed by atoms with Crippen molar-refractivity contribution in [3.63, 3.8) is 0 Å². The van der Waals surface area contributed by atoms with Crippen molar-refractivity contribution < 1.29 is 27.6 Å². The van der Waals surface area contributed by atoms with Crippen molar-refractivity contribution in [2.75, 3.05) is 20.1 Å². The van der Waals surface area contributed by atoms with E-state index < -0.39 is 35.8 Å². The Bertz CT molecular complexity index is 1310. The lowest BCUT2D eigenvalue weighted by Gasteiger charge is -2.34. The third-order valence-electron chi connectivity index (χ3n) is 7.19. The van der Waals surface area contributed by atoms with Crippen LogP contribution in [0.25, 0.3) is 0 Å². The monoisotopic (exact) mass is 540 g/mol. The number of hydrogen-bond acceptors (Lipinski definition) is 3. The van der Waals surface area contributed by atoms with Gasteiger partial charge in [-0.15, -0.1) is 6.58 Å². The number of amides is 4. The van der Waals surface area contributed by atoms with Crippen LogP contribution in [0.4, 0.5) is 18.0 Å². The van der Waals surface area contributed by atoms with Crippen LogP contribution in [0, 0.1) is 0 Å². The lowest BCUT2D eigenvalue weighted by atomic mass is 9.91. The van der Waals surface area contributed by atoms with Crippen LogP contribution >= 0.6 is 0 Å². The van der Waals surface area contributed by atoms with Crippen LogP contribution in [-0.2, 0) is 22.2 Å². The lowest BCUT2D eigenvalue weighted by molar-refractivity contribution is -0.143. The minimum atomic E-state index is -4.70. The maximum atomic E-state index is 14.1. The van der Waals surface area contributed by atoms with E-state index in [0.29, 0.717) is 0 Å². The topological polar surface area (TPSA) is 73.0 Å². The molecule has 0 radical (unpaired) electrons. The van der Waals surface area contributed by atoms with Crippen molar-refractivity contribution in [2.24, 2.45) is 0 Å². The third kappa shape index (κ3) is 5.41. The quantitative estimate of drug-likeness (QED) is 0.500. The molecule has 0 bridgehead atoms. The molecule has 4 rings (SSSR count). The molecule has 0 spiro atoms. The summed E-state index contributed by atoms with van der Waals surface area (Å²) in [6.45, 7) is 7.32. The van der Waals surface area contributed by atoms with Crippen LogP contribution in [0.1, 0.15) is 36.6 Å². The molecule has 2 aromatic carbocycles. The number of urea groups is 1. The van der Waals surface area contributed by atoms with Gasteiger partial charge in [-0.1, -0.05) is 54.6 Å². The van der Waals surface area contributed by atoms with Crippen molar-refractivity contribution in [2.45, 2.75) is 44.6 Å². The number of hydrogen-bond donors (Lipinski definition) is 1. The molecule has 0 saturated carbocycles. The summed E-state index contributed by atoms with van der Waals surface area (Å²) in [5.41, 5.74) is -0.0664. The van der Waals surface area contributed by atoms with E-state index in [0.717, 1.165) is 11.6 Å². The number of nitrogens with one attached hydrogen (secondary N) is 1. The zero-order valence-corrected chi connectivity index (χ0v) is 22.0. The summed E-state index contributed by atoms with van der Waals surface area (Å²) in [4.78, 5) is 45.1. The largest absolute Gasteiger partial charge is 0.416 e. The van der Waals surface area contributed by atoms with Gasteiger partial charge in [-0.05, 0) is 31.0 Å². The zero-order valence-electron chi connectivity index (χ0n) is 22.0. The van der Waals surface area contributed by atoms with E-state index in [1.807, 2.05) is 44.2 Å². The van der Waals surface area contributed by atoms with E-state index in [4.69, 9.17) is 0 Å². The SMILES string of the molecule is C=CCN1C(=O)N[C@H](c2ccccc2C(F)(F)F)C2=C1CN([C@H](Cc1ccccc1)C(=O)N(C)C(C)C)C2=O. The normalized spacial score (nSPS) is 18.3. The average Bonchev–Trinajstić information content (AvgIpc) is 3.24.